The Morgan fingerprint density at radius 2 is 1.87 bits per heavy atom. The van der Waals surface area contributed by atoms with E-state index in [0.29, 0.717) is 19.6 Å². The minimum atomic E-state index is -0.204. The molecule has 1 aromatic carbocycles. The number of hydrogen-bond donors (Lipinski definition) is 0. The number of rotatable bonds is 6. The third kappa shape index (κ3) is 4.57. The van der Waals surface area contributed by atoms with Crippen LogP contribution in [-0.2, 0) is 11.3 Å². The van der Waals surface area contributed by atoms with Gasteiger partial charge >= 0.3 is 0 Å². The molecule has 2 amide bonds. The Morgan fingerprint density at radius 3 is 2.53 bits per heavy atom. The van der Waals surface area contributed by atoms with Crippen molar-refractivity contribution in [3.05, 3.63) is 69.0 Å². The molecule has 1 unspecified atom stereocenters. The summed E-state index contributed by atoms with van der Waals surface area (Å²) in [4.78, 5) is 31.9. The molecule has 1 fully saturated rings. The van der Waals surface area contributed by atoms with E-state index in [-0.39, 0.29) is 17.7 Å². The molecule has 3 aromatic rings. The second kappa shape index (κ2) is 9.45. The van der Waals surface area contributed by atoms with E-state index in [1.807, 2.05) is 69.1 Å². The Balaban J connectivity index is 1.54. The minimum absolute atomic E-state index is 0.0248. The van der Waals surface area contributed by atoms with Gasteiger partial charge in [-0.1, -0.05) is 12.1 Å². The van der Waals surface area contributed by atoms with Crippen LogP contribution in [0.15, 0.2) is 59.3 Å². The number of carbonyl (C=O) groups excluding carboxylic acids is 2. The number of piperidine rings is 1. The molecule has 5 nitrogen and oxygen atoms in total. The van der Waals surface area contributed by atoms with Gasteiger partial charge in [-0.25, -0.2) is 0 Å². The fourth-order valence-electron chi connectivity index (χ4n) is 3.76. The summed E-state index contributed by atoms with van der Waals surface area (Å²) in [6.07, 6.45) is 1.63. The molecule has 0 spiro atoms. The fourth-order valence-corrected chi connectivity index (χ4v) is 5.14. The van der Waals surface area contributed by atoms with Gasteiger partial charge in [0.2, 0.25) is 5.91 Å². The summed E-state index contributed by atoms with van der Waals surface area (Å²) in [5, 5.41) is 3.93. The van der Waals surface area contributed by atoms with E-state index >= 15 is 0 Å². The number of nitrogens with zero attached hydrogens (tertiary/aromatic N) is 2. The fraction of sp³-hybridized carbons (Fsp3) is 0.304. The number of carbonyl (C=O) groups is 2. The van der Waals surface area contributed by atoms with Gasteiger partial charge in [0.15, 0.2) is 0 Å². The summed E-state index contributed by atoms with van der Waals surface area (Å²) in [6, 6.07) is 15.4. The quantitative estimate of drug-likeness (QED) is 0.548. The third-order valence-electron chi connectivity index (χ3n) is 5.33. The molecule has 2 aromatic heterocycles. The SMILES string of the molecule is COc1ccc(N(Cc2cccs2)C(=O)C2CCCN(C(=O)c3cccs3)C2)cc1. The molecule has 0 bridgehead atoms. The first-order valence-electron chi connectivity index (χ1n) is 9.96. The van der Waals surface area contributed by atoms with Crippen molar-refractivity contribution in [2.24, 2.45) is 5.92 Å². The third-order valence-corrected chi connectivity index (χ3v) is 7.05. The van der Waals surface area contributed by atoms with Crippen LogP contribution in [0.4, 0.5) is 5.69 Å². The first kappa shape index (κ1) is 20.6. The molecule has 1 saturated heterocycles. The van der Waals surface area contributed by atoms with Crippen molar-refractivity contribution >= 4 is 40.2 Å². The molecule has 1 aliphatic rings. The number of likely N-dealkylation sites (tertiary alicyclic amines) is 1. The molecule has 30 heavy (non-hydrogen) atoms. The topological polar surface area (TPSA) is 49.9 Å². The molecule has 3 heterocycles. The van der Waals surface area contributed by atoms with Gasteiger partial charge < -0.3 is 14.5 Å². The summed E-state index contributed by atoms with van der Waals surface area (Å²) < 4.78 is 5.26. The predicted molar refractivity (Wildman–Crippen MR) is 121 cm³/mol. The largest absolute Gasteiger partial charge is 0.497 e. The van der Waals surface area contributed by atoms with Gasteiger partial charge in [0.25, 0.3) is 5.91 Å². The van der Waals surface area contributed by atoms with Crippen LogP contribution >= 0.6 is 22.7 Å². The lowest BCUT2D eigenvalue weighted by Crippen LogP contribution is -2.46. The zero-order valence-electron chi connectivity index (χ0n) is 16.8. The lowest BCUT2D eigenvalue weighted by Gasteiger charge is -2.35. The van der Waals surface area contributed by atoms with Crippen molar-refractivity contribution in [2.45, 2.75) is 19.4 Å². The molecule has 0 saturated carbocycles. The smallest absolute Gasteiger partial charge is 0.263 e. The molecule has 1 aliphatic heterocycles. The maximum atomic E-state index is 13.6. The molecular weight excluding hydrogens is 416 g/mol. The number of amides is 2. The van der Waals surface area contributed by atoms with Crippen LogP contribution in [0.25, 0.3) is 0 Å². The van der Waals surface area contributed by atoms with Crippen molar-refractivity contribution in [1.29, 1.82) is 0 Å². The first-order valence-corrected chi connectivity index (χ1v) is 11.7. The summed E-state index contributed by atoms with van der Waals surface area (Å²) in [6.45, 7) is 1.69. The summed E-state index contributed by atoms with van der Waals surface area (Å²) >= 11 is 3.09. The predicted octanol–water partition coefficient (Wildman–Crippen LogP) is 4.90. The van der Waals surface area contributed by atoms with Gasteiger partial charge in [0, 0.05) is 23.7 Å². The number of ether oxygens (including phenoxy) is 1. The Kier molecular flexibility index (Phi) is 6.50. The number of benzene rings is 1. The lowest BCUT2D eigenvalue weighted by atomic mass is 9.96. The van der Waals surface area contributed by atoms with Gasteiger partial charge in [0.05, 0.1) is 24.4 Å². The maximum Gasteiger partial charge on any atom is 0.263 e. The van der Waals surface area contributed by atoms with Crippen LogP contribution in [0.1, 0.15) is 27.4 Å². The Labute approximate surface area is 184 Å². The molecule has 1 atom stereocenters. The Bertz CT molecular complexity index is 969. The van der Waals surface area contributed by atoms with E-state index in [2.05, 4.69) is 0 Å². The molecule has 7 heteroatoms. The zero-order valence-corrected chi connectivity index (χ0v) is 18.5. The number of thiophene rings is 2. The molecule has 4 rings (SSSR count). The van der Waals surface area contributed by atoms with Crippen LogP contribution in [0.2, 0.25) is 0 Å². The molecule has 0 N–H and O–H groups in total. The van der Waals surface area contributed by atoms with E-state index in [1.54, 1.807) is 18.4 Å². The average molecular weight is 441 g/mol. The van der Waals surface area contributed by atoms with Crippen LogP contribution in [-0.4, -0.2) is 36.9 Å². The monoisotopic (exact) mass is 440 g/mol. The highest BCUT2D eigenvalue weighted by molar-refractivity contribution is 7.12. The van der Waals surface area contributed by atoms with Gasteiger partial charge in [0.1, 0.15) is 5.75 Å². The minimum Gasteiger partial charge on any atom is -0.497 e. The molecular formula is C23H24N2O3S2. The first-order chi connectivity index (χ1) is 14.7. The van der Waals surface area contributed by atoms with E-state index in [4.69, 9.17) is 4.74 Å². The number of methoxy groups -OCH3 is 1. The van der Waals surface area contributed by atoms with Crippen molar-refractivity contribution in [3.63, 3.8) is 0 Å². The van der Waals surface area contributed by atoms with Crippen molar-refractivity contribution < 1.29 is 14.3 Å². The summed E-state index contributed by atoms with van der Waals surface area (Å²) in [7, 11) is 1.63. The van der Waals surface area contributed by atoms with Crippen molar-refractivity contribution in [3.8, 4) is 5.75 Å². The maximum absolute atomic E-state index is 13.6. The van der Waals surface area contributed by atoms with Gasteiger partial charge in [-0.3, -0.25) is 9.59 Å². The van der Waals surface area contributed by atoms with E-state index in [1.165, 1.54) is 11.3 Å². The molecule has 156 valence electrons. The van der Waals surface area contributed by atoms with Crippen molar-refractivity contribution in [1.82, 2.24) is 4.90 Å². The standard InChI is InChI=1S/C23H24N2O3S2/c1-28-19-10-8-18(9-11-19)25(16-20-6-3-13-29-20)22(26)17-5-2-12-24(15-17)23(27)21-7-4-14-30-21/h3-4,6-11,13-14,17H,2,5,12,15-16H2,1H3. The molecule has 0 radical (unpaired) electrons. The van der Waals surface area contributed by atoms with Crippen LogP contribution in [0, 0.1) is 5.92 Å². The second-order valence-corrected chi connectivity index (χ2v) is 9.25. The van der Waals surface area contributed by atoms with Crippen LogP contribution in [0.5, 0.6) is 5.75 Å². The summed E-state index contributed by atoms with van der Waals surface area (Å²) in [5.74, 6) is 0.645. The van der Waals surface area contributed by atoms with Crippen LogP contribution in [0.3, 0.4) is 0 Å². The Morgan fingerprint density at radius 1 is 1.10 bits per heavy atom. The highest BCUT2D eigenvalue weighted by atomic mass is 32.1. The second-order valence-electron chi connectivity index (χ2n) is 7.27. The normalized spacial score (nSPS) is 16.3. The van der Waals surface area contributed by atoms with Gasteiger partial charge in [-0.15, -0.1) is 22.7 Å². The average Bonchev–Trinajstić information content (AvgIpc) is 3.51. The zero-order chi connectivity index (χ0) is 20.9. The lowest BCUT2D eigenvalue weighted by molar-refractivity contribution is -0.123. The highest BCUT2D eigenvalue weighted by Gasteiger charge is 2.32. The highest BCUT2D eigenvalue weighted by Crippen LogP contribution is 2.28. The number of anilines is 1. The van der Waals surface area contributed by atoms with E-state index in [9.17, 15) is 9.59 Å². The van der Waals surface area contributed by atoms with Gasteiger partial charge in [-0.2, -0.15) is 0 Å². The van der Waals surface area contributed by atoms with Crippen molar-refractivity contribution in [2.75, 3.05) is 25.1 Å². The summed E-state index contributed by atoms with van der Waals surface area (Å²) in [5.41, 5.74) is 0.843. The number of hydrogen-bond acceptors (Lipinski definition) is 5. The van der Waals surface area contributed by atoms with Crippen LogP contribution < -0.4 is 9.64 Å². The molecule has 0 aliphatic carbocycles. The van der Waals surface area contributed by atoms with E-state index in [0.717, 1.165) is 34.0 Å². The van der Waals surface area contributed by atoms with E-state index < -0.39 is 0 Å². The Hall–Kier alpha value is -2.64. The van der Waals surface area contributed by atoms with Gasteiger partial charge in [-0.05, 0) is 60.0 Å².